The largest absolute Gasteiger partial charge is 0.398 e. The molecule has 2 fully saturated rings. The molecule has 0 spiro atoms. The molecule has 3 N–H and O–H groups in total. The molecule has 9 heteroatoms. The Kier molecular flexibility index (Phi) is 14.6. The minimum atomic E-state index is 0.167. The van der Waals surface area contributed by atoms with Gasteiger partial charge in [-0.1, -0.05) is 87.1 Å². The molecular formula is C52H60N4O5. The van der Waals surface area contributed by atoms with E-state index in [9.17, 15) is 4.79 Å². The van der Waals surface area contributed by atoms with E-state index in [1.165, 1.54) is 120 Å². The van der Waals surface area contributed by atoms with Crippen molar-refractivity contribution in [1.82, 2.24) is 9.13 Å². The number of aryl methyl sites for hydroxylation is 4. The van der Waals surface area contributed by atoms with Gasteiger partial charge in [-0.05, 0) is 137 Å². The predicted molar refractivity (Wildman–Crippen MR) is 244 cm³/mol. The number of fused-ring (bicyclic) bond motifs is 6. The molecule has 318 valence electrons. The number of Topliss-reactive ketones (excluding diaryl/α,β-unsaturated/α-hetero) is 1. The fourth-order valence-electron chi connectivity index (χ4n) is 10.2. The molecule has 1 atom stereocenters. The first-order valence-electron chi connectivity index (χ1n) is 21.9. The van der Waals surface area contributed by atoms with Crippen LogP contribution in [0.4, 0.5) is 11.4 Å². The summed E-state index contributed by atoms with van der Waals surface area (Å²) in [6, 6.07) is 27.4. The maximum absolute atomic E-state index is 12.2. The standard InChI is InChI=1S/C25H30N2O.C25H30N2.2CO2/c1-16-9-11-20(22(26)13-16)25-24(19-7-5-4-6-8-19)21-12-10-17(2)14-23(21)27(25)15-18(3)28;1-16-9-11-20-22(13-16)26-18(3)15-27-23-14-17(2)10-12-21(23)24(25(20)27)19-7-5-4-6-8-19;2*2-1-3/h9-14,19H,4-8,15,26H2,1-3H3;9-14,18-19,26H,4-8,15H2,1-3H3;;. The van der Waals surface area contributed by atoms with Gasteiger partial charge in [0.1, 0.15) is 5.78 Å². The van der Waals surface area contributed by atoms with E-state index in [0.717, 1.165) is 34.6 Å². The number of hydrogen-bond donors (Lipinski definition) is 2. The van der Waals surface area contributed by atoms with E-state index in [0.29, 0.717) is 24.4 Å². The summed E-state index contributed by atoms with van der Waals surface area (Å²) in [7, 11) is 0. The number of nitrogen functional groups attached to an aromatic ring is 1. The molecule has 3 aliphatic rings. The maximum Gasteiger partial charge on any atom is 0.373 e. The van der Waals surface area contributed by atoms with E-state index in [-0.39, 0.29) is 18.1 Å². The van der Waals surface area contributed by atoms with Crippen molar-refractivity contribution in [2.75, 3.05) is 11.1 Å². The molecular weight excluding hydrogens is 761 g/mol. The SMILES string of the molecule is CC(=O)Cn1c(-c2ccc(C)cc2N)c(C2CCCCC2)c2ccc(C)cc21.Cc1ccc2c(c1)NC(C)Cn1c-2c(C2CCCCC2)c2ccc(C)cc21.O=C=O.O=C=O. The smallest absolute Gasteiger partial charge is 0.373 e. The fourth-order valence-corrected chi connectivity index (χ4v) is 10.2. The van der Waals surface area contributed by atoms with Crippen molar-refractivity contribution in [3.63, 3.8) is 0 Å². The van der Waals surface area contributed by atoms with E-state index in [2.05, 4.69) is 116 Å². The van der Waals surface area contributed by atoms with Crippen molar-refractivity contribution in [1.29, 1.82) is 0 Å². The first-order chi connectivity index (χ1) is 29.4. The average molecular weight is 821 g/mol. The number of hydrogen-bond acceptors (Lipinski definition) is 7. The third-order valence-corrected chi connectivity index (χ3v) is 12.7. The summed E-state index contributed by atoms with van der Waals surface area (Å²) in [4.78, 5) is 44.7. The Morgan fingerprint density at radius 1 is 0.639 bits per heavy atom. The van der Waals surface area contributed by atoms with Crippen LogP contribution in [-0.4, -0.2) is 33.3 Å². The van der Waals surface area contributed by atoms with E-state index in [4.69, 9.17) is 24.9 Å². The first kappa shape index (κ1) is 44.5. The van der Waals surface area contributed by atoms with Gasteiger partial charge in [-0.25, -0.2) is 0 Å². The lowest BCUT2D eigenvalue weighted by Gasteiger charge is -2.24. The summed E-state index contributed by atoms with van der Waals surface area (Å²) in [6.07, 6.45) is 13.6. The Hall–Kier alpha value is -6.01. The van der Waals surface area contributed by atoms with Crippen LogP contribution in [0.25, 0.3) is 44.3 Å². The van der Waals surface area contributed by atoms with Crippen LogP contribution in [-0.2, 0) is 37.1 Å². The molecule has 0 bridgehead atoms. The van der Waals surface area contributed by atoms with Crippen LogP contribution in [0.15, 0.2) is 72.8 Å². The summed E-state index contributed by atoms with van der Waals surface area (Å²) in [5, 5.41) is 6.56. The number of benzene rings is 4. The average Bonchev–Trinajstić information content (AvgIpc) is 3.64. The van der Waals surface area contributed by atoms with Crippen LogP contribution < -0.4 is 11.1 Å². The topological polar surface area (TPSA) is 133 Å². The van der Waals surface area contributed by atoms with Crippen LogP contribution >= 0.6 is 0 Å². The van der Waals surface area contributed by atoms with Crippen molar-refractivity contribution in [3.8, 4) is 22.5 Å². The Labute approximate surface area is 359 Å². The van der Waals surface area contributed by atoms with Crippen LogP contribution in [0.3, 0.4) is 0 Å². The minimum absolute atomic E-state index is 0.167. The highest BCUT2D eigenvalue weighted by Gasteiger charge is 2.31. The van der Waals surface area contributed by atoms with Gasteiger partial charge in [-0.3, -0.25) is 4.79 Å². The quantitative estimate of drug-likeness (QED) is 0.165. The molecule has 3 heterocycles. The van der Waals surface area contributed by atoms with E-state index in [1.54, 1.807) is 12.5 Å². The Morgan fingerprint density at radius 2 is 1.10 bits per heavy atom. The number of rotatable bonds is 5. The van der Waals surface area contributed by atoms with E-state index in [1.807, 2.05) is 6.07 Å². The van der Waals surface area contributed by atoms with Crippen LogP contribution in [0.2, 0.25) is 0 Å². The monoisotopic (exact) mass is 820 g/mol. The van der Waals surface area contributed by atoms with Crippen molar-refractivity contribution >= 4 is 51.3 Å². The van der Waals surface area contributed by atoms with Gasteiger partial charge in [0.15, 0.2) is 0 Å². The van der Waals surface area contributed by atoms with Crippen LogP contribution in [0, 0.1) is 27.7 Å². The number of carbonyl (C=O) groups is 1. The molecule has 6 aromatic rings. The van der Waals surface area contributed by atoms with Gasteiger partial charge in [0.05, 0.1) is 17.9 Å². The lowest BCUT2D eigenvalue weighted by Crippen LogP contribution is -2.19. The number of nitrogens with one attached hydrogen (secondary N) is 1. The van der Waals surface area contributed by atoms with Gasteiger partial charge in [0.2, 0.25) is 0 Å². The summed E-state index contributed by atoms with van der Waals surface area (Å²) in [5.74, 6) is 1.39. The first-order valence-corrected chi connectivity index (χ1v) is 21.9. The molecule has 0 saturated heterocycles. The van der Waals surface area contributed by atoms with Crippen LogP contribution in [0.1, 0.15) is 123 Å². The normalized spacial score (nSPS) is 16.1. The molecule has 4 aromatic carbocycles. The Morgan fingerprint density at radius 3 is 1.64 bits per heavy atom. The second-order valence-corrected chi connectivity index (χ2v) is 17.5. The highest BCUT2D eigenvalue weighted by atomic mass is 16.2. The zero-order valence-corrected chi connectivity index (χ0v) is 36.7. The summed E-state index contributed by atoms with van der Waals surface area (Å²) in [6.45, 7) is 14.0. The molecule has 2 saturated carbocycles. The number of nitrogens with two attached hydrogens (primary N) is 1. The minimum Gasteiger partial charge on any atom is -0.398 e. The van der Waals surface area contributed by atoms with Crippen molar-refractivity contribution in [3.05, 3.63) is 106 Å². The van der Waals surface area contributed by atoms with Gasteiger partial charge in [0, 0.05) is 56.9 Å². The summed E-state index contributed by atoms with van der Waals surface area (Å²) in [5.41, 5.74) is 24.3. The zero-order valence-electron chi connectivity index (χ0n) is 36.7. The Balaban J connectivity index is 0.000000181. The molecule has 1 aliphatic heterocycles. The highest BCUT2D eigenvalue weighted by molar-refractivity contribution is 5.97. The summed E-state index contributed by atoms with van der Waals surface area (Å²) >= 11 is 0. The third kappa shape index (κ3) is 9.81. The molecule has 0 radical (unpaired) electrons. The van der Waals surface area contributed by atoms with E-state index >= 15 is 0 Å². The number of anilines is 2. The van der Waals surface area contributed by atoms with Crippen molar-refractivity contribution < 1.29 is 24.0 Å². The van der Waals surface area contributed by atoms with Crippen molar-refractivity contribution in [2.45, 2.75) is 137 Å². The van der Waals surface area contributed by atoms with Gasteiger partial charge in [0.25, 0.3) is 0 Å². The van der Waals surface area contributed by atoms with Gasteiger partial charge in [-0.15, -0.1) is 0 Å². The fraction of sp³-hybridized carbons (Fsp3) is 0.404. The van der Waals surface area contributed by atoms with Gasteiger partial charge >= 0.3 is 12.3 Å². The summed E-state index contributed by atoms with van der Waals surface area (Å²) < 4.78 is 4.83. The van der Waals surface area contributed by atoms with Gasteiger partial charge in [-0.2, -0.15) is 19.2 Å². The highest BCUT2D eigenvalue weighted by Crippen LogP contribution is 2.48. The number of carbonyl (C=O) groups excluding carboxylic acids is 5. The lowest BCUT2D eigenvalue weighted by molar-refractivity contribution is -0.193. The molecule has 2 aromatic heterocycles. The van der Waals surface area contributed by atoms with Gasteiger partial charge < -0.3 is 20.2 Å². The lowest BCUT2D eigenvalue weighted by atomic mass is 9.81. The van der Waals surface area contributed by atoms with E-state index < -0.39 is 0 Å². The van der Waals surface area contributed by atoms with Crippen LogP contribution in [0.5, 0.6) is 0 Å². The second kappa shape index (κ2) is 20.0. The molecule has 9 nitrogen and oxygen atoms in total. The molecule has 61 heavy (non-hydrogen) atoms. The number of nitrogens with zero attached hydrogens (tertiary/aromatic N) is 2. The zero-order chi connectivity index (χ0) is 43.8. The number of aromatic nitrogens is 2. The molecule has 0 amide bonds. The molecule has 9 rings (SSSR count). The number of ketones is 1. The third-order valence-electron chi connectivity index (χ3n) is 12.7. The molecule has 1 unspecified atom stereocenters. The Bertz CT molecular complexity index is 2580. The second-order valence-electron chi connectivity index (χ2n) is 17.5. The maximum atomic E-state index is 12.2. The molecule has 2 aliphatic carbocycles. The van der Waals surface area contributed by atoms with Crippen molar-refractivity contribution in [2.24, 2.45) is 0 Å². The predicted octanol–water partition coefficient (Wildman–Crippen LogP) is 11.8.